The molecule has 0 saturated heterocycles. The number of nitrogens with zero attached hydrogens (tertiary/aromatic N) is 1. The fourth-order valence-corrected chi connectivity index (χ4v) is 2.90. The Kier molecular flexibility index (Phi) is 11.3. The lowest BCUT2D eigenvalue weighted by Crippen LogP contribution is -2.39. The number of carbonyl (C=O) groups is 1. The number of amides is 1. The average Bonchev–Trinajstić information content (AvgIpc) is 3.06. The third-order valence-electron chi connectivity index (χ3n) is 4.16. The molecule has 1 aliphatic rings. The Morgan fingerprint density at radius 1 is 1.13 bits per heavy atom. The van der Waals surface area contributed by atoms with E-state index >= 15 is 0 Å². The first-order valence-electron chi connectivity index (χ1n) is 9.04. The number of guanidine groups is 1. The van der Waals surface area contributed by atoms with Gasteiger partial charge in [0.1, 0.15) is 6.54 Å². The van der Waals surface area contributed by atoms with Gasteiger partial charge in [0.2, 0.25) is 5.91 Å². The zero-order valence-corrected chi connectivity index (χ0v) is 14.8. The van der Waals surface area contributed by atoms with Crippen molar-refractivity contribution in [1.82, 2.24) is 16.0 Å². The summed E-state index contributed by atoms with van der Waals surface area (Å²) in [6.45, 7) is 4.91. The molecule has 1 saturated carbocycles. The maximum absolute atomic E-state index is 11.6. The second kappa shape index (κ2) is 13.2. The predicted octanol–water partition coefficient (Wildman–Crippen LogP) is 1.66. The lowest BCUT2D eigenvalue weighted by Gasteiger charge is -2.12. The van der Waals surface area contributed by atoms with Crippen molar-refractivity contribution in [2.75, 3.05) is 39.9 Å². The molecule has 0 spiro atoms. The first-order chi connectivity index (χ1) is 11.3. The summed E-state index contributed by atoms with van der Waals surface area (Å²) in [5.74, 6) is 1.60. The van der Waals surface area contributed by atoms with E-state index < -0.39 is 0 Å². The first kappa shape index (κ1) is 19.7. The molecule has 23 heavy (non-hydrogen) atoms. The Labute approximate surface area is 140 Å². The smallest absolute Gasteiger partial charge is 0.241 e. The highest BCUT2D eigenvalue weighted by Gasteiger charge is 2.13. The fourth-order valence-electron chi connectivity index (χ4n) is 2.90. The topological polar surface area (TPSA) is 74.8 Å². The van der Waals surface area contributed by atoms with Gasteiger partial charge in [0.15, 0.2) is 5.96 Å². The molecule has 0 atom stereocenters. The summed E-state index contributed by atoms with van der Waals surface area (Å²) in [6.07, 6.45) is 9.48. The highest BCUT2D eigenvalue weighted by Crippen LogP contribution is 2.28. The van der Waals surface area contributed by atoms with E-state index in [4.69, 9.17) is 4.74 Å². The van der Waals surface area contributed by atoms with Gasteiger partial charge < -0.3 is 20.7 Å². The van der Waals surface area contributed by atoms with Crippen LogP contribution in [0.5, 0.6) is 0 Å². The van der Waals surface area contributed by atoms with Crippen molar-refractivity contribution in [2.24, 2.45) is 10.9 Å². The van der Waals surface area contributed by atoms with Crippen LogP contribution in [0.15, 0.2) is 4.99 Å². The van der Waals surface area contributed by atoms with Gasteiger partial charge >= 0.3 is 0 Å². The van der Waals surface area contributed by atoms with E-state index in [1.54, 1.807) is 7.11 Å². The lowest BCUT2D eigenvalue weighted by atomic mass is 10.0. The van der Waals surface area contributed by atoms with E-state index in [2.05, 4.69) is 20.9 Å². The molecule has 0 aromatic heterocycles. The minimum absolute atomic E-state index is 0.0829. The molecule has 1 aliphatic carbocycles. The molecule has 0 unspecified atom stereocenters. The molecule has 0 aromatic rings. The van der Waals surface area contributed by atoms with Crippen molar-refractivity contribution < 1.29 is 9.53 Å². The summed E-state index contributed by atoms with van der Waals surface area (Å²) in [5, 5.41) is 9.24. The molecule has 6 nitrogen and oxygen atoms in total. The molecule has 3 N–H and O–H groups in total. The van der Waals surface area contributed by atoms with Crippen molar-refractivity contribution in [3.8, 4) is 0 Å². The van der Waals surface area contributed by atoms with Gasteiger partial charge in [-0.3, -0.25) is 4.79 Å². The normalized spacial score (nSPS) is 15.7. The van der Waals surface area contributed by atoms with Gasteiger partial charge in [-0.25, -0.2) is 4.99 Å². The minimum atomic E-state index is -0.0829. The fraction of sp³-hybridized carbons (Fsp3) is 0.882. The van der Waals surface area contributed by atoms with E-state index in [0.29, 0.717) is 13.2 Å². The second-order valence-electron chi connectivity index (χ2n) is 6.11. The molecular weight excluding hydrogens is 292 g/mol. The van der Waals surface area contributed by atoms with Crippen LogP contribution in [0.1, 0.15) is 51.9 Å². The minimum Gasteiger partial charge on any atom is -0.383 e. The Bertz CT molecular complexity index is 341. The van der Waals surface area contributed by atoms with Crippen molar-refractivity contribution in [1.29, 1.82) is 0 Å². The average molecular weight is 326 g/mol. The largest absolute Gasteiger partial charge is 0.383 e. The van der Waals surface area contributed by atoms with Gasteiger partial charge in [-0.05, 0) is 19.3 Å². The molecule has 134 valence electrons. The summed E-state index contributed by atoms with van der Waals surface area (Å²) in [7, 11) is 1.62. The van der Waals surface area contributed by atoms with Crippen LogP contribution in [0, 0.1) is 5.92 Å². The molecule has 0 aliphatic heterocycles. The maximum atomic E-state index is 11.6. The second-order valence-corrected chi connectivity index (χ2v) is 6.11. The quantitative estimate of drug-likeness (QED) is 0.307. The Balaban J connectivity index is 2.14. The van der Waals surface area contributed by atoms with E-state index in [1.807, 2.05) is 6.92 Å². The van der Waals surface area contributed by atoms with E-state index in [0.717, 1.165) is 31.4 Å². The highest BCUT2D eigenvalue weighted by molar-refractivity contribution is 5.84. The third kappa shape index (κ3) is 10.2. The van der Waals surface area contributed by atoms with Crippen LogP contribution in [0.2, 0.25) is 0 Å². The number of hydrogen-bond donors (Lipinski definition) is 3. The van der Waals surface area contributed by atoms with Crippen LogP contribution >= 0.6 is 0 Å². The summed E-state index contributed by atoms with van der Waals surface area (Å²) in [4.78, 5) is 15.9. The summed E-state index contributed by atoms with van der Waals surface area (Å²) in [6, 6.07) is 0. The van der Waals surface area contributed by atoms with Crippen LogP contribution in [0.4, 0.5) is 0 Å². The molecule has 0 bridgehead atoms. The molecule has 1 amide bonds. The van der Waals surface area contributed by atoms with Crippen LogP contribution in [0.3, 0.4) is 0 Å². The van der Waals surface area contributed by atoms with Crippen molar-refractivity contribution in [3.63, 3.8) is 0 Å². The number of aliphatic imine (C=N–C) groups is 1. The number of methoxy groups -OCH3 is 1. The van der Waals surface area contributed by atoms with Crippen LogP contribution < -0.4 is 16.0 Å². The molecular formula is C17H34N4O2. The Morgan fingerprint density at radius 2 is 1.91 bits per heavy atom. The first-order valence-corrected chi connectivity index (χ1v) is 9.04. The van der Waals surface area contributed by atoms with Gasteiger partial charge in [0.25, 0.3) is 0 Å². The molecule has 1 fully saturated rings. The Morgan fingerprint density at radius 3 is 2.61 bits per heavy atom. The number of carbonyl (C=O) groups excluding carboxylic acids is 1. The predicted molar refractivity (Wildman–Crippen MR) is 94.7 cm³/mol. The summed E-state index contributed by atoms with van der Waals surface area (Å²) in [5.41, 5.74) is 0. The molecule has 6 heteroatoms. The van der Waals surface area contributed by atoms with Gasteiger partial charge in [0, 0.05) is 26.7 Å². The van der Waals surface area contributed by atoms with Crippen molar-refractivity contribution >= 4 is 11.9 Å². The highest BCUT2D eigenvalue weighted by atomic mass is 16.5. The van der Waals surface area contributed by atoms with Gasteiger partial charge in [-0.2, -0.15) is 0 Å². The molecule has 0 radical (unpaired) electrons. The number of unbranched alkanes of at least 4 members (excludes halogenated alkanes) is 1. The number of ether oxygens (including phenoxy) is 1. The van der Waals surface area contributed by atoms with Crippen LogP contribution in [0.25, 0.3) is 0 Å². The molecule has 0 heterocycles. The zero-order valence-electron chi connectivity index (χ0n) is 14.8. The zero-order chi connectivity index (χ0) is 16.8. The van der Waals surface area contributed by atoms with E-state index in [1.165, 1.54) is 38.5 Å². The van der Waals surface area contributed by atoms with Crippen molar-refractivity contribution in [3.05, 3.63) is 0 Å². The summed E-state index contributed by atoms with van der Waals surface area (Å²) < 4.78 is 4.89. The van der Waals surface area contributed by atoms with Crippen LogP contribution in [-0.2, 0) is 9.53 Å². The number of nitrogens with one attached hydrogen (secondary N) is 3. The monoisotopic (exact) mass is 326 g/mol. The number of rotatable bonds is 11. The third-order valence-corrected chi connectivity index (χ3v) is 4.16. The summed E-state index contributed by atoms with van der Waals surface area (Å²) >= 11 is 0. The lowest BCUT2D eigenvalue weighted by molar-refractivity contribution is -0.119. The molecule has 1 rings (SSSR count). The van der Waals surface area contributed by atoms with Gasteiger partial charge in [0.05, 0.1) is 6.61 Å². The maximum Gasteiger partial charge on any atom is 0.241 e. The number of hydrogen-bond acceptors (Lipinski definition) is 3. The van der Waals surface area contributed by atoms with Crippen LogP contribution in [-0.4, -0.2) is 51.8 Å². The standard InChI is InChI=1S/C17H34N4O2/c1-3-18-17(21-14-16(22)19-12-13-23-2)20-11-7-6-10-15-8-4-5-9-15/h15H,3-14H2,1-2H3,(H,19,22)(H2,18,20,21). The van der Waals surface area contributed by atoms with Crippen molar-refractivity contribution in [2.45, 2.75) is 51.9 Å². The SMILES string of the molecule is CCNC(=NCC(=O)NCCOC)NCCCCC1CCCC1. The Hall–Kier alpha value is -1.30. The van der Waals surface area contributed by atoms with Gasteiger partial charge in [-0.1, -0.05) is 38.5 Å². The van der Waals surface area contributed by atoms with Gasteiger partial charge in [-0.15, -0.1) is 0 Å². The van der Waals surface area contributed by atoms with E-state index in [9.17, 15) is 4.79 Å². The molecule has 0 aromatic carbocycles. The van der Waals surface area contributed by atoms with E-state index in [-0.39, 0.29) is 12.5 Å².